The SMILES string of the molecule is Cc1c(CSc2nc(N)c(C(=O)Nc3ccccc3)cc2C#N)noc1-c1ccccc1. The number of hydrogen-bond donors (Lipinski definition) is 2. The summed E-state index contributed by atoms with van der Waals surface area (Å²) in [6.07, 6.45) is 0. The summed E-state index contributed by atoms with van der Waals surface area (Å²) >= 11 is 1.32. The Bertz CT molecular complexity index is 1300. The average Bonchev–Trinajstić information content (AvgIpc) is 3.19. The lowest BCUT2D eigenvalue weighted by Crippen LogP contribution is -2.15. The molecule has 0 aliphatic rings. The van der Waals surface area contributed by atoms with Gasteiger partial charge >= 0.3 is 0 Å². The van der Waals surface area contributed by atoms with E-state index in [0.717, 1.165) is 16.8 Å². The molecule has 2 aromatic heterocycles. The molecule has 2 heterocycles. The average molecular weight is 442 g/mol. The number of anilines is 2. The van der Waals surface area contributed by atoms with Crippen LogP contribution in [0.3, 0.4) is 0 Å². The van der Waals surface area contributed by atoms with E-state index in [9.17, 15) is 10.1 Å². The number of nitrogens with zero attached hydrogens (tertiary/aromatic N) is 3. The lowest BCUT2D eigenvalue weighted by molar-refractivity contribution is 0.102. The molecule has 0 aliphatic heterocycles. The van der Waals surface area contributed by atoms with Gasteiger partial charge in [-0.1, -0.05) is 65.4 Å². The quantitative estimate of drug-likeness (QED) is 0.402. The number of rotatable bonds is 6. The van der Waals surface area contributed by atoms with Gasteiger partial charge in [-0.3, -0.25) is 4.79 Å². The standard InChI is InChI=1S/C24H19N5O2S/c1-15-20(29-31-21(15)16-8-4-2-5-9-16)14-32-24-17(13-25)12-19(22(26)28-24)23(30)27-18-10-6-3-7-11-18/h2-12H,14H2,1H3,(H2,26,28)(H,27,30). The molecule has 32 heavy (non-hydrogen) atoms. The first-order chi connectivity index (χ1) is 15.6. The first-order valence-electron chi connectivity index (χ1n) is 9.77. The highest BCUT2D eigenvalue weighted by Gasteiger charge is 2.18. The highest BCUT2D eigenvalue weighted by atomic mass is 32.2. The topological polar surface area (TPSA) is 118 Å². The van der Waals surface area contributed by atoms with E-state index in [1.54, 1.807) is 12.1 Å². The van der Waals surface area contributed by atoms with Crippen molar-refractivity contribution in [2.75, 3.05) is 11.1 Å². The summed E-state index contributed by atoms with van der Waals surface area (Å²) in [5.41, 5.74) is 9.73. The number of nitriles is 1. The number of carbonyl (C=O) groups excluding carboxylic acids is 1. The summed E-state index contributed by atoms with van der Waals surface area (Å²) in [5.74, 6) is 0.789. The van der Waals surface area contributed by atoms with Crippen LogP contribution in [0, 0.1) is 18.3 Å². The van der Waals surface area contributed by atoms with Gasteiger partial charge in [0.2, 0.25) is 0 Å². The number of carbonyl (C=O) groups is 1. The molecular weight excluding hydrogens is 422 g/mol. The fourth-order valence-electron chi connectivity index (χ4n) is 3.10. The largest absolute Gasteiger partial charge is 0.383 e. The Morgan fingerprint density at radius 1 is 1.16 bits per heavy atom. The molecule has 0 unspecified atom stereocenters. The molecule has 4 rings (SSSR count). The molecule has 7 nitrogen and oxygen atoms in total. The minimum Gasteiger partial charge on any atom is -0.383 e. The first-order valence-corrected chi connectivity index (χ1v) is 10.8. The van der Waals surface area contributed by atoms with Gasteiger partial charge in [0, 0.05) is 22.6 Å². The molecular formula is C24H19N5O2S. The molecule has 1 amide bonds. The molecule has 3 N–H and O–H groups in total. The van der Waals surface area contributed by atoms with Crippen LogP contribution >= 0.6 is 11.8 Å². The summed E-state index contributed by atoms with van der Waals surface area (Å²) in [6.45, 7) is 1.94. The molecule has 4 aromatic rings. The van der Waals surface area contributed by atoms with Crippen LogP contribution in [-0.2, 0) is 5.75 Å². The van der Waals surface area contributed by atoms with Gasteiger partial charge < -0.3 is 15.6 Å². The summed E-state index contributed by atoms with van der Waals surface area (Å²) in [4.78, 5) is 16.9. The van der Waals surface area contributed by atoms with E-state index in [0.29, 0.717) is 22.2 Å². The number of para-hydroxylation sites is 1. The van der Waals surface area contributed by atoms with Crippen LogP contribution in [0.1, 0.15) is 27.2 Å². The van der Waals surface area contributed by atoms with Crippen molar-refractivity contribution in [1.82, 2.24) is 10.1 Å². The number of thioether (sulfide) groups is 1. The van der Waals surface area contributed by atoms with E-state index in [2.05, 4.69) is 21.5 Å². The Morgan fingerprint density at radius 2 is 1.84 bits per heavy atom. The fraction of sp³-hybridized carbons (Fsp3) is 0.0833. The number of nitrogens with two attached hydrogens (primary N) is 1. The maximum absolute atomic E-state index is 12.6. The molecule has 0 atom stereocenters. The Hall–Kier alpha value is -4.09. The zero-order chi connectivity index (χ0) is 22.5. The van der Waals surface area contributed by atoms with Crippen LogP contribution in [0.25, 0.3) is 11.3 Å². The highest BCUT2D eigenvalue weighted by molar-refractivity contribution is 7.98. The maximum atomic E-state index is 12.6. The van der Waals surface area contributed by atoms with Crippen molar-refractivity contribution in [1.29, 1.82) is 5.26 Å². The van der Waals surface area contributed by atoms with E-state index in [1.807, 2.05) is 55.5 Å². The Labute approximate surface area is 189 Å². The Morgan fingerprint density at radius 3 is 2.53 bits per heavy atom. The normalized spacial score (nSPS) is 10.5. The predicted molar refractivity (Wildman–Crippen MR) is 124 cm³/mol. The van der Waals surface area contributed by atoms with Crippen molar-refractivity contribution in [3.05, 3.63) is 89.1 Å². The van der Waals surface area contributed by atoms with E-state index < -0.39 is 5.91 Å². The monoisotopic (exact) mass is 441 g/mol. The molecule has 0 saturated heterocycles. The molecule has 158 valence electrons. The second-order valence-corrected chi connectivity index (χ2v) is 7.91. The van der Waals surface area contributed by atoms with E-state index in [-0.39, 0.29) is 16.9 Å². The van der Waals surface area contributed by atoms with Gasteiger partial charge in [-0.15, -0.1) is 0 Å². The number of pyridine rings is 1. The van der Waals surface area contributed by atoms with Crippen LogP contribution in [0.15, 0.2) is 76.3 Å². The Kier molecular flexibility index (Phi) is 6.19. The summed E-state index contributed by atoms with van der Waals surface area (Å²) in [7, 11) is 0. The number of nitrogens with one attached hydrogen (secondary N) is 1. The zero-order valence-electron chi connectivity index (χ0n) is 17.2. The van der Waals surface area contributed by atoms with Gasteiger partial charge in [0.1, 0.15) is 16.9 Å². The smallest absolute Gasteiger partial charge is 0.259 e. The van der Waals surface area contributed by atoms with Crippen molar-refractivity contribution in [2.24, 2.45) is 0 Å². The highest BCUT2D eigenvalue weighted by Crippen LogP contribution is 2.31. The number of aromatic nitrogens is 2. The third-order valence-corrected chi connectivity index (χ3v) is 5.82. The third-order valence-electron chi connectivity index (χ3n) is 4.82. The minimum atomic E-state index is -0.422. The summed E-state index contributed by atoms with van der Waals surface area (Å²) < 4.78 is 5.53. The molecule has 0 aliphatic carbocycles. The van der Waals surface area contributed by atoms with Gasteiger partial charge in [0.25, 0.3) is 5.91 Å². The van der Waals surface area contributed by atoms with Crippen LogP contribution in [0.4, 0.5) is 11.5 Å². The summed E-state index contributed by atoms with van der Waals surface area (Å²) in [6, 6.07) is 22.3. The minimum absolute atomic E-state index is 0.0572. The van der Waals surface area contributed by atoms with Crippen LogP contribution in [0.2, 0.25) is 0 Å². The number of hydrogen-bond acceptors (Lipinski definition) is 7. The van der Waals surface area contributed by atoms with Crippen molar-refractivity contribution in [3.63, 3.8) is 0 Å². The number of amides is 1. The second-order valence-electron chi connectivity index (χ2n) is 6.94. The molecule has 0 spiro atoms. The predicted octanol–water partition coefficient (Wildman–Crippen LogP) is 5.04. The van der Waals surface area contributed by atoms with Crippen LogP contribution < -0.4 is 11.1 Å². The van der Waals surface area contributed by atoms with Crippen molar-refractivity contribution < 1.29 is 9.32 Å². The molecule has 8 heteroatoms. The molecule has 0 saturated carbocycles. The van der Waals surface area contributed by atoms with Crippen LogP contribution in [-0.4, -0.2) is 16.0 Å². The van der Waals surface area contributed by atoms with Crippen molar-refractivity contribution >= 4 is 29.2 Å². The lowest BCUT2D eigenvalue weighted by atomic mass is 10.1. The van der Waals surface area contributed by atoms with Gasteiger partial charge in [-0.05, 0) is 25.1 Å². The second kappa shape index (κ2) is 9.37. The lowest BCUT2D eigenvalue weighted by Gasteiger charge is -2.10. The molecule has 0 bridgehead atoms. The molecule has 0 radical (unpaired) electrons. The van der Waals surface area contributed by atoms with E-state index in [1.165, 1.54) is 17.8 Å². The number of nitrogen functional groups attached to an aromatic ring is 1. The Balaban J connectivity index is 1.53. The van der Waals surface area contributed by atoms with Gasteiger partial charge in [-0.25, -0.2) is 4.98 Å². The first kappa shape index (κ1) is 21.2. The van der Waals surface area contributed by atoms with E-state index >= 15 is 0 Å². The summed E-state index contributed by atoms with van der Waals surface area (Å²) in [5, 5.41) is 17.0. The molecule has 0 fully saturated rings. The third kappa shape index (κ3) is 4.48. The van der Waals surface area contributed by atoms with Crippen molar-refractivity contribution in [3.8, 4) is 17.4 Å². The fourth-order valence-corrected chi connectivity index (χ4v) is 4.07. The maximum Gasteiger partial charge on any atom is 0.259 e. The molecule has 2 aromatic carbocycles. The van der Waals surface area contributed by atoms with E-state index in [4.69, 9.17) is 10.3 Å². The van der Waals surface area contributed by atoms with Gasteiger partial charge in [0.05, 0.1) is 16.8 Å². The number of benzene rings is 2. The van der Waals surface area contributed by atoms with Gasteiger partial charge in [-0.2, -0.15) is 5.26 Å². The van der Waals surface area contributed by atoms with Gasteiger partial charge in [0.15, 0.2) is 5.76 Å². The zero-order valence-corrected chi connectivity index (χ0v) is 18.0. The van der Waals surface area contributed by atoms with Crippen molar-refractivity contribution in [2.45, 2.75) is 17.7 Å². The van der Waals surface area contributed by atoms with Crippen LogP contribution in [0.5, 0.6) is 0 Å².